The van der Waals surface area contributed by atoms with Crippen molar-refractivity contribution in [1.82, 2.24) is 4.57 Å². The number of aromatic nitrogens is 1. The summed E-state index contributed by atoms with van der Waals surface area (Å²) in [4.78, 5) is 12.5. The van der Waals surface area contributed by atoms with Crippen LogP contribution >= 0.6 is 0 Å². The van der Waals surface area contributed by atoms with Gasteiger partial charge in [-0.15, -0.1) is 0 Å². The summed E-state index contributed by atoms with van der Waals surface area (Å²) in [5.41, 5.74) is 2.72. The molecule has 0 atom stereocenters. The van der Waals surface area contributed by atoms with Gasteiger partial charge in [0.1, 0.15) is 5.75 Å². The van der Waals surface area contributed by atoms with E-state index in [1.165, 1.54) is 0 Å². The second kappa shape index (κ2) is 6.57. The Kier molecular flexibility index (Phi) is 4.33. The summed E-state index contributed by atoms with van der Waals surface area (Å²) < 4.78 is 7.39. The van der Waals surface area contributed by atoms with Crippen molar-refractivity contribution in [2.24, 2.45) is 7.05 Å². The van der Waals surface area contributed by atoms with Crippen LogP contribution in [-0.4, -0.2) is 23.5 Å². The minimum Gasteiger partial charge on any atom is -0.494 e. The van der Waals surface area contributed by atoms with Crippen molar-refractivity contribution in [1.29, 1.82) is 0 Å². The fourth-order valence-corrected chi connectivity index (χ4v) is 2.68. The summed E-state index contributed by atoms with van der Waals surface area (Å²) >= 11 is 0. The molecule has 23 heavy (non-hydrogen) atoms. The number of nitrogens with one attached hydrogen (secondary N) is 1. The predicted octanol–water partition coefficient (Wildman–Crippen LogP) is 3.87. The third-order valence-corrected chi connectivity index (χ3v) is 3.82. The topological polar surface area (TPSA) is 43.3 Å². The molecule has 0 aliphatic rings. The molecule has 0 saturated heterocycles. The van der Waals surface area contributed by atoms with E-state index < -0.39 is 0 Å². The molecule has 0 spiro atoms. The minimum absolute atomic E-state index is 0.0793. The molecule has 0 amide bonds. The van der Waals surface area contributed by atoms with E-state index in [4.69, 9.17) is 4.74 Å². The van der Waals surface area contributed by atoms with E-state index >= 15 is 0 Å². The number of fused-ring (bicyclic) bond motifs is 1. The molecule has 118 valence electrons. The van der Waals surface area contributed by atoms with Crippen molar-refractivity contribution in [3.8, 4) is 5.75 Å². The maximum Gasteiger partial charge on any atom is 0.184 e. The lowest BCUT2D eigenvalue weighted by molar-refractivity contribution is 0.101. The van der Waals surface area contributed by atoms with Gasteiger partial charge in [0.05, 0.1) is 13.2 Å². The average Bonchev–Trinajstić information content (AvgIpc) is 2.92. The normalized spacial score (nSPS) is 10.7. The molecule has 0 fully saturated rings. The van der Waals surface area contributed by atoms with Crippen molar-refractivity contribution in [3.05, 3.63) is 60.3 Å². The van der Waals surface area contributed by atoms with Gasteiger partial charge in [0, 0.05) is 35.4 Å². The Labute approximate surface area is 135 Å². The number of carbonyl (C=O) groups is 1. The molecule has 2 aromatic carbocycles. The lowest BCUT2D eigenvalue weighted by Crippen LogP contribution is -2.13. The third-order valence-electron chi connectivity index (χ3n) is 3.82. The summed E-state index contributed by atoms with van der Waals surface area (Å²) in [5.74, 6) is 0.911. The first-order valence-electron chi connectivity index (χ1n) is 7.73. The molecule has 0 aliphatic carbocycles. The first-order chi connectivity index (χ1) is 11.2. The number of para-hydroxylation sites is 1. The molecule has 1 N–H and O–H groups in total. The van der Waals surface area contributed by atoms with Crippen molar-refractivity contribution < 1.29 is 9.53 Å². The Morgan fingerprint density at radius 1 is 1.13 bits per heavy atom. The number of anilines is 1. The smallest absolute Gasteiger partial charge is 0.184 e. The Bertz CT molecular complexity index is 819. The number of rotatable bonds is 6. The van der Waals surface area contributed by atoms with Crippen LogP contribution in [0.4, 0.5) is 5.69 Å². The molecule has 3 rings (SSSR count). The molecule has 0 saturated carbocycles. The Balaban J connectivity index is 1.71. The van der Waals surface area contributed by atoms with Gasteiger partial charge in [0.15, 0.2) is 5.78 Å². The van der Waals surface area contributed by atoms with Gasteiger partial charge >= 0.3 is 0 Å². The Morgan fingerprint density at radius 3 is 2.61 bits per heavy atom. The number of ether oxygens (including phenoxy) is 1. The van der Waals surface area contributed by atoms with Crippen molar-refractivity contribution in [2.45, 2.75) is 6.92 Å². The van der Waals surface area contributed by atoms with E-state index in [0.717, 1.165) is 27.9 Å². The zero-order valence-electron chi connectivity index (χ0n) is 13.4. The van der Waals surface area contributed by atoms with Crippen molar-refractivity contribution in [3.63, 3.8) is 0 Å². The number of nitrogens with zero attached hydrogens (tertiary/aromatic N) is 1. The van der Waals surface area contributed by atoms with E-state index in [1.54, 1.807) is 0 Å². The highest BCUT2D eigenvalue weighted by atomic mass is 16.5. The monoisotopic (exact) mass is 308 g/mol. The van der Waals surface area contributed by atoms with Crippen molar-refractivity contribution in [2.75, 3.05) is 18.5 Å². The largest absolute Gasteiger partial charge is 0.494 e. The van der Waals surface area contributed by atoms with E-state index in [-0.39, 0.29) is 12.3 Å². The molecule has 4 nitrogen and oxygen atoms in total. The van der Waals surface area contributed by atoms with Crippen LogP contribution in [0.25, 0.3) is 10.9 Å². The predicted molar refractivity (Wildman–Crippen MR) is 93.4 cm³/mol. The van der Waals surface area contributed by atoms with E-state index in [2.05, 4.69) is 5.32 Å². The number of ketones is 1. The highest BCUT2D eigenvalue weighted by molar-refractivity contribution is 6.09. The molecule has 4 heteroatoms. The lowest BCUT2D eigenvalue weighted by Gasteiger charge is -2.07. The van der Waals surface area contributed by atoms with Crippen LogP contribution in [0.3, 0.4) is 0 Å². The molecular formula is C19H20N2O2. The molecule has 0 aliphatic heterocycles. The number of carbonyl (C=O) groups excluding carboxylic acids is 1. The van der Waals surface area contributed by atoms with Gasteiger partial charge in [-0.1, -0.05) is 18.2 Å². The molecule has 0 bridgehead atoms. The average molecular weight is 308 g/mol. The molecule has 0 radical (unpaired) electrons. The highest BCUT2D eigenvalue weighted by Gasteiger charge is 2.13. The fourth-order valence-electron chi connectivity index (χ4n) is 2.68. The van der Waals surface area contributed by atoms with E-state index in [1.807, 2.05) is 73.3 Å². The number of hydrogen-bond acceptors (Lipinski definition) is 3. The van der Waals surface area contributed by atoms with Crippen LogP contribution in [0.2, 0.25) is 0 Å². The van der Waals surface area contributed by atoms with Crippen LogP contribution < -0.4 is 10.1 Å². The summed E-state index contributed by atoms with van der Waals surface area (Å²) in [6, 6.07) is 15.6. The third kappa shape index (κ3) is 3.21. The first kappa shape index (κ1) is 15.2. The standard InChI is InChI=1S/C19H20N2O2/c1-3-23-15-10-8-14(9-11-15)20-12-19(22)17-13-21(2)18-7-5-4-6-16(17)18/h4-11,13,20H,3,12H2,1-2H3. The Hall–Kier alpha value is -2.75. The van der Waals surface area contributed by atoms with Crippen LogP contribution in [0.1, 0.15) is 17.3 Å². The summed E-state index contributed by atoms with van der Waals surface area (Å²) in [7, 11) is 1.96. The summed E-state index contributed by atoms with van der Waals surface area (Å²) in [6.07, 6.45) is 1.90. The summed E-state index contributed by atoms with van der Waals surface area (Å²) in [5, 5.41) is 4.17. The zero-order valence-corrected chi connectivity index (χ0v) is 13.4. The molecule has 1 heterocycles. The van der Waals surface area contributed by atoms with E-state index in [9.17, 15) is 4.79 Å². The lowest BCUT2D eigenvalue weighted by atomic mass is 10.1. The van der Waals surface area contributed by atoms with Gasteiger partial charge in [-0.05, 0) is 37.3 Å². The van der Waals surface area contributed by atoms with Gasteiger partial charge < -0.3 is 14.6 Å². The SMILES string of the molecule is CCOc1ccc(NCC(=O)c2cn(C)c3ccccc23)cc1. The highest BCUT2D eigenvalue weighted by Crippen LogP contribution is 2.21. The number of hydrogen-bond donors (Lipinski definition) is 1. The summed E-state index contributed by atoms with van der Waals surface area (Å²) in [6.45, 7) is 2.86. The Morgan fingerprint density at radius 2 is 1.87 bits per heavy atom. The van der Waals surface area contributed by atoms with Gasteiger partial charge in [0.2, 0.25) is 0 Å². The quantitative estimate of drug-likeness (QED) is 0.703. The van der Waals surface area contributed by atoms with Crippen LogP contribution in [0.15, 0.2) is 54.7 Å². The first-order valence-corrected chi connectivity index (χ1v) is 7.73. The van der Waals surface area contributed by atoms with Gasteiger partial charge in [-0.25, -0.2) is 0 Å². The number of aryl methyl sites for hydroxylation is 1. The van der Waals surface area contributed by atoms with Crippen LogP contribution in [0, 0.1) is 0 Å². The van der Waals surface area contributed by atoms with Gasteiger partial charge in [-0.2, -0.15) is 0 Å². The number of Topliss-reactive ketones (excluding diaryl/α,β-unsaturated/α-hetero) is 1. The molecule has 1 aromatic heterocycles. The van der Waals surface area contributed by atoms with Crippen molar-refractivity contribution >= 4 is 22.4 Å². The van der Waals surface area contributed by atoms with Crippen LogP contribution in [0.5, 0.6) is 5.75 Å². The fraction of sp³-hybridized carbons (Fsp3) is 0.211. The minimum atomic E-state index is 0.0793. The molecule has 3 aromatic rings. The number of benzene rings is 2. The van der Waals surface area contributed by atoms with Crippen LogP contribution in [-0.2, 0) is 7.05 Å². The maximum absolute atomic E-state index is 12.5. The zero-order chi connectivity index (χ0) is 16.2. The van der Waals surface area contributed by atoms with E-state index in [0.29, 0.717) is 6.61 Å². The molecular weight excluding hydrogens is 288 g/mol. The van der Waals surface area contributed by atoms with Gasteiger partial charge in [0.25, 0.3) is 0 Å². The maximum atomic E-state index is 12.5. The molecule has 0 unspecified atom stereocenters. The second-order valence-electron chi connectivity index (χ2n) is 5.40. The second-order valence-corrected chi connectivity index (χ2v) is 5.40. The van der Waals surface area contributed by atoms with Gasteiger partial charge in [-0.3, -0.25) is 4.79 Å².